The third kappa shape index (κ3) is 1.57. The summed E-state index contributed by atoms with van der Waals surface area (Å²) >= 11 is 0. The van der Waals surface area contributed by atoms with Gasteiger partial charge < -0.3 is 4.98 Å². The van der Waals surface area contributed by atoms with Crippen LogP contribution >= 0.6 is 0 Å². The Balaban J connectivity index is 2.19. The number of H-pyrrole nitrogens is 1. The number of carbonyl (C=O) groups excluding carboxylic acids is 1. The van der Waals surface area contributed by atoms with Crippen LogP contribution in [0.2, 0.25) is 0 Å². The Kier molecular flexibility index (Phi) is 2.15. The van der Waals surface area contributed by atoms with Gasteiger partial charge in [0.25, 0.3) is 0 Å². The van der Waals surface area contributed by atoms with Gasteiger partial charge in [-0.1, -0.05) is 24.3 Å². The molecule has 0 radical (unpaired) electrons. The predicted octanol–water partition coefficient (Wildman–Crippen LogP) is 1.83. The highest BCUT2D eigenvalue weighted by atomic mass is 16.1. The van der Waals surface area contributed by atoms with E-state index in [0.717, 1.165) is 23.1 Å². The second-order valence-electron chi connectivity index (χ2n) is 3.56. The second kappa shape index (κ2) is 3.79. The van der Waals surface area contributed by atoms with Crippen molar-refractivity contribution < 1.29 is 4.79 Å². The van der Waals surface area contributed by atoms with Crippen molar-refractivity contribution in [3.63, 3.8) is 0 Å². The van der Waals surface area contributed by atoms with Crippen LogP contribution in [-0.2, 0) is 0 Å². The van der Waals surface area contributed by atoms with Crippen LogP contribution in [0.1, 0.15) is 10.4 Å². The molecule has 1 aromatic carbocycles. The molecule has 0 amide bonds. The van der Waals surface area contributed by atoms with Gasteiger partial charge in [-0.2, -0.15) is 0 Å². The Hall–Kier alpha value is -2.56. The summed E-state index contributed by atoms with van der Waals surface area (Å²) in [6, 6.07) is 7.20. The molecule has 17 heavy (non-hydrogen) atoms. The number of rotatable bonds is 2. The van der Waals surface area contributed by atoms with E-state index in [-0.39, 0.29) is 0 Å². The van der Waals surface area contributed by atoms with Crippen LogP contribution in [0.4, 0.5) is 0 Å². The summed E-state index contributed by atoms with van der Waals surface area (Å²) in [5.41, 5.74) is 3.74. The molecule has 5 nitrogen and oxygen atoms in total. The number of benzene rings is 1. The van der Waals surface area contributed by atoms with E-state index in [4.69, 9.17) is 0 Å². The monoisotopic (exact) mass is 224 g/mol. The third-order valence-electron chi connectivity index (χ3n) is 2.54. The molecule has 1 N–H and O–H groups in total. The molecule has 5 heteroatoms. The normalized spacial score (nSPS) is 10.6. The minimum Gasteiger partial charge on any atom is -0.329 e. The highest BCUT2D eigenvalue weighted by Crippen LogP contribution is 2.22. The molecule has 0 bridgehead atoms. The lowest BCUT2D eigenvalue weighted by atomic mass is 10.1. The van der Waals surface area contributed by atoms with Crippen LogP contribution in [0.25, 0.3) is 22.4 Å². The van der Waals surface area contributed by atoms with Crippen LogP contribution in [0.15, 0.2) is 36.9 Å². The number of carbonyl (C=O) groups is 1. The Bertz CT molecular complexity index is 672. The van der Waals surface area contributed by atoms with Crippen LogP contribution < -0.4 is 0 Å². The van der Waals surface area contributed by atoms with Gasteiger partial charge in [0.2, 0.25) is 0 Å². The molecule has 0 aliphatic heterocycles. The molecule has 82 valence electrons. The zero-order chi connectivity index (χ0) is 11.7. The first-order valence-corrected chi connectivity index (χ1v) is 5.08. The van der Waals surface area contributed by atoms with Gasteiger partial charge in [-0.15, -0.1) is 0 Å². The van der Waals surface area contributed by atoms with Gasteiger partial charge in [-0.3, -0.25) is 4.79 Å². The van der Waals surface area contributed by atoms with Crippen LogP contribution in [0.3, 0.4) is 0 Å². The number of aromatic amines is 1. The Morgan fingerprint density at radius 3 is 2.65 bits per heavy atom. The third-order valence-corrected chi connectivity index (χ3v) is 2.54. The lowest BCUT2D eigenvalue weighted by Gasteiger charge is -2.01. The first-order chi connectivity index (χ1) is 8.38. The van der Waals surface area contributed by atoms with E-state index in [2.05, 4.69) is 19.9 Å². The maximum Gasteiger partial charge on any atom is 0.161 e. The van der Waals surface area contributed by atoms with Gasteiger partial charge >= 0.3 is 0 Å². The lowest BCUT2D eigenvalue weighted by molar-refractivity contribution is 0.112. The maximum absolute atomic E-state index is 10.6. The van der Waals surface area contributed by atoms with Crippen molar-refractivity contribution in [2.45, 2.75) is 0 Å². The Labute approximate surface area is 96.6 Å². The molecule has 3 aromatic rings. The van der Waals surface area contributed by atoms with Crippen molar-refractivity contribution in [1.82, 2.24) is 19.9 Å². The fraction of sp³-hybridized carbons (Fsp3) is 0. The summed E-state index contributed by atoms with van der Waals surface area (Å²) in [5.74, 6) is 0. The van der Waals surface area contributed by atoms with Crippen LogP contribution in [0, 0.1) is 0 Å². The molecule has 0 saturated carbocycles. The van der Waals surface area contributed by atoms with Crippen molar-refractivity contribution in [2.24, 2.45) is 0 Å². The molecule has 0 atom stereocenters. The largest absolute Gasteiger partial charge is 0.329 e. The summed E-state index contributed by atoms with van der Waals surface area (Å²) < 4.78 is 0. The van der Waals surface area contributed by atoms with Gasteiger partial charge in [-0.25, -0.2) is 15.0 Å². The fourth-order valence-corrected chi connectivity index (χ4v) is 1.70. The first-order valence-electron chi connectivity index (χ1n) is 5.08. The molecule has 0 aliphatic carbocycles. The number of nitrogens with one attached hydrogen (secondary N) is 1. The first kappa shape index (κ1) is 9.65. The van der Waals surface area contributed by atoms with E-state index in [1.54, 1.807) is 18.5 Å². The lowest BCUT2D eigenvalue weighted by Crippen LogP contribution is -1.88. The van der Waals surface area contributed by atoms with Crippen molar-refractivity contribution in [1.29, 1.82) is 0 Å². The SMILES string of the molecule is O=Cc1ccc(-c2ncnc3[nH]cnc23)cc1. The van der Waals surface area contributed by atoms with Crippen LogP contribution in [0.5, 0.6) is 0 Å². The van der Waals surface area contributed by atoms with E-state index in [1.165, 1.54) is 6.33 Å². The highest BCUT2D eigenvalue weighted by molar-refractivity contribution is 5.87. The summed E-state index contributed by atoms with van der Waals surface area (Å²) in [4.78, 5) is 26.0. The molecule has 0 saturated heterocycles. The van der Waals surface area contributed by atoms with Crippen molar-refractivity contribution in [3.05, 3.63) is 42.5 Å². The zero-order valence-electron chi connectivity index (χ0n) is 8.79. The number of hydrogen-bond acceptors (Lipinski definition) is 4. The molecule has 0 unspecified atom stereocenters. The average molecular weight is 224 g/mol. The van der Waals surface area contributed by atoms with E-state index in [9.17, 15) is 4.79 Å². The number of imidazole rings is 1. The minimum atomic E-state index is 0.640. The summed E-state index contributed by atoms with van der Waals surface area (Å²) in [7, 11) is 0. The second-order valence-corrected chi connectivity index (χ2v) is 3.56. The van der Waals surface area contributed by atoms with E-state index in [0.29, 0.717) is 11.2 Å². The molecule has 3 rings (SSSR count). The predicted molar refractivity (Wildman–Crippen MR) is 62.5 cm³/mol. The number of nitrogens with zero attached hydrogens (tertiary/aromatic N) is 3. The smallest absolute Gasteiger partial charge is 0.161 e. The van der Waals surface area contributed by atoms with Gasteiger partial charge in [0.1, 0.15) is 23.8 Å². The molecule has 0 aliphatic rings. The van der Waals surface area contributed by atoms with Gasteiger partial charge in [-0.05, 0) is 0 Å². The van der Waals surface area contributed by atoms with Crippen molar-refractivity contribution in [2.75, 3.05) is 0 Å². The number of fused-ring (bicyclic) bond motifs is 1. The standard InChI is InChI=1S/C12H8N4O/c17-5-8-1-3-9(4-2-8)10-11-12(15-6-13-10)16-7-14-11/h1-7H,(H,13,14,15,16). The highest BCUT2D eigenvalue weighted by Gasteiger charge is 2.07. The molecule has 2 aromatic heterocycles. The molecule has 0 fully saturated rings. The summed E-state index contributed by atoms with van der Waals surface area (Å²) in [6.07, 6.45) is 3.89. The van der Waals surface area contributed by atoms with E-state index in [1.807, 2.05) is 12.1 Å². The maximum atomic E-state index is 10.6. The molecular formula is C12H8N4O. The van der Waals surface area contributed by atoms with Crippen LogP contribution in [-0.4, -0.2) is 26.2 Å². The molecule has 0 spiro atoms. The zero-order valence-corrected chi connectivity index (χ0v) is 8.79. The van der Waals surface area contributed by atoms with E-state index < -0.39 is 0 Å². The Morgan fingerprint density at radius 2 is 1.88 bits per heavy atom. The van der Waals surface area contributed by atoms with Gasteiger partial charge in [0.15, 0.2) is 5.65 Å². The topological polar surface area (TPSA) is 71.5 Å². The number of aromatic nitrogens is 4. The average Bonchev–Trinajstić information content (AvgIpc) is 2.87. The summed E-state index contributed by atoms with van der Waals surface area (Å²) in [5, 5.41) is 0. The Morgan fingerprint density at radius 1 is 1.06 bits per heavy atom. The number of aldehydes is 1. The van der Waals surface area contributed by atoms with Crippen molar-refractivity contribution >= 4 is 17.5 Å². The van der Waals surface area contributed by atoms with Gasteiger partial charge in [0.05, 0.1) is 6.33 Å². The number of hydrogen-bond donors (Lipinski definition) is 1. The van der Waals surface area contributed by atoms with Gasteiger partial charge in [0, 0.05) is 11.1 Å². The molecular weight excluding hydrogens is 216 g/mol. The quantitative estimate of drug-likeness (QED) is 0.674. The minimum absolute atomic E-state index is 0.640. The summed E-state index contributed by atoms with van der Waals surface area (Å²) in [6.45, 7) is 0. The van der Waals surface area contributed by atoms with E-state index >= 15 is 0 Å². The van der Waals surface area contributed by atoms with Crippen molar-refractivity contribution in [3.8, 4) is 11.3 Å². The fourth-order valence-electron chi connectivity index (χ4n) is 1.70. The molecule has 2 heterocycles.